The van der Waals surface area contributed by atoms with Crippen LogP contribution in [0.25, 0.3) is 17.0 Å². The lowest BCUT2D eigenvalue weighted by atomic mass is 10.2. The number of amides is 1. The van der Waals surface area contributed by atoms with Crippen molar-refractivity contribution in [3.8, 4) is 5.95 Å². The number of aromatic amines is 1. The van der Waals surface area contributed by atoms with E-state index in [1.165, 1.54) is 15.6 Å². The number of halogens is 1. The second kappa shape index (κ2) is 6.47. The largest absolute Gasteiger partial charge is 0.306 e. The summed E-state index contributed by atoms with van der Waals surface area (Å²) in [4.78, 5) is 32.0. The highest BCUT2D eigenvalue weighted by Gasteiger charge is 2.16. The van der Waals surface area contributed by atoms with E-state index in [2.05, 4.69) is 41.4 Å². The summed E-state index contributed by atoms with van der Waals surface area (Å²) >= 11 is 3.35. The van der Waals surface area contributed by atoms with Gasteiger partial charge in [0.05, 0.1) is 11.9 Å². The Hall–Kier alpha value is -3.27. The fraction of sp³-hybridized carbons (Fsp3) is 0.118. The fourth-order valence-electron chi connectivity index (χ4n) is 2.69. The number of hydrogen-bond donors (Lipinski definition) is 2. The predicted molar refractivity (Wildman–Crippen MR) is 103 cm³/mol. The van der Waals surface area contributed by atoms with Gasteiger partial charge in [0.25, 0.3) is 11.5 Å². The lowest BCUT2D eigenvalue weighted by molar-refractivity contribution is 0.102. The summed E-state index contributed by atoms with van der Waals surface area (Å²) < 4.78 is 3.69. The highest BCUT2D eigenvalue weighted by molar-refractivity contribution is 9.10. The molecular formula is C17H14BrN7O2. The van der Waals surface area contributed by atoms with E-state index in [0.29, 0.717) is 28.1 Å². The zero-order valence-electron chi connectivity index (χ0n) is 14.4. The first kappa shape index (κ1) is 17.2. The van der Waals surface area contributed by atoms with E-state index >= 15 is 0 Å². The molecule has 0 bridgehead atoms. The molecule has 3 aromatic heterocycles. The number of aromatic nitrogens is 6. The Balaban J connectivity index is 1.76. The first-order chi connectivity index (χ1) is 12.9. The SMILES string of the molecule is Cc1cc(NC(=O)c2cccc(Br)c2)n(-c2nc3c(cnn3C)c(=O)[nH]2)n1. The number of carbonyl (C=O) groups excluding carboxylic acids is 1. The molecule has 10 heteroatoms. The molecule has 0 aliphatic heterocycles. The van der Waals surface area contributed by atoms with Gasteiger partial charge in [0.2, 0.25) is 5.95 Å². The van der Waals surface area contributed by atoms with Crippen LogP contribution in [0, 0.1) is 6.92 Å². The van der Waals surface area contributed by atoms with Gasteiger partial charge >= 0.3 is 0 Å². The molecule has 0 radical (unpaired) electrons. The van der Waals surface area contributed by atoms with Crippen LogP contribution in [0.3, 0.4) is 0 Å². The molecule has 0 fully saturated rings. The molecule has 136 valence electrons. The summed E-state index contributed by atoms with van der Waals surface area (Å²) in [5.74, 6) is 0.275. The van der Waals surface area contributed by atoms with Gasteiger partial charge in [0.15, 0.2) is 5.65 Å². The third-order valence-corrected chi connectivity index (χ3v) is 4.44. The average Bonchev–Trinajstić information content (AvgIpc) is 3.18. The van der Waals surface area contributed by atoms with Crippen LogP contribution in [0.15, 0.2) is 45.8 Å². The molecule has 9 nitrogen and oxygen atoms in total. The number of anilines is 1. The van der Waals surface area contributed by atoms with Crippen LogP contribution in [-0.2, 0) is 7.05 Å². The molecular weight excluding hydrogens is 414 g/mol. The maximum atomic E-state index is 12.6. The first-order valence-corrected chi connectivity index (χ1v) is 8.77. The Kier molecular flexibility index (Phi) is 4.11. The van der Waals surface area contributed by atoms with Gasteiger partial charge in [-0.05, 0) is 25.1 Å². The summed E-state index contributed by atoms with van der Waals surface area (Å²) in [7, 11) is 1.70. The van der Waals surface area contributed by atoms with Gasteiger partial charge < -0.3 is 5.32 Å². The van der Waals surface area contributed by atoms with Gasteiger partial charge in [-0.2, -0.15) is 19.9 Å². The molecule has 2 N–H and O–H groups in total. The van der Waals surface area contributed by atoms with Crippen molar-refractivity contribution in [3.05, 3.63) is 62.6 Å². The molecule has 4 aromatic rings. The third kappa shape index (κ3) is 3.14. The van der Waals surface area contributed by atoms with Gasteiger partial charge in [-0.15, -0.1) is 0 Å². The Morgan fingerprint density at radius 1 is 1.30 bits per heavy atom. The maximum absolute atomic E-state index is 12.6. The molecule has 0 spiro atoms. The molecule has 4 rings (SSSR count). The molecule has 0 aliphatic carbocycles. The van der Waals surface area contributed by atoms with Crippen LogP contribution >= 0.6 is 15.9 Å². The Morgan fingerprint density at radius 2 is 2.11 bits per heavy atom. The van der Waals surface area contributed by atoms with Crippen LogP contribution in [-0.4, -0.2) is 35.4 Å². The van der Waals surface area contributed by atoms with Gasteiger partial charge in [0.1, 0.15) is 11.2 Å². The number of H-pyrrole nitrogens is 1. The molecule has 0 aliphatic rings. The van der Waals surface area contributed by atoms with Crippen molar-refractivity contribution in [2.75, 3.05) is 5.32 Å². The second-order valence-electron chi connectivity index (χ2n) is 5.94. The normalized spacial score (nSPS) is 11.1. The lowest BCUT2D eigenvalue weighted by Gasteiger charge is -2.08. The second-order valence-corrected chi connectivity index (χ2v) is 6.86. The number of nitrogens with zero attached hydrogens (tertiary/aromatic N) is 5. The fourth-order valence-corrected chi connectivity index (χ4v) is 3.09. The Bertz CT molecular complexity index is 1240. The molecule has 3 heterocycles. The van der Waals surface area contributed by atoms with Gasteiger partial charge in [0, 0.05) is 23.2 Å². The van der Waals surface area contributed by atoms with Crippen LogP contribution < -0.4 is 10.9 Å². The Morgan fingerprint density at radius 3 is 2.89 bits per heavy atom. The minimum Gasteiger partial charge on any atom is -0.306 e. The molecule has 1 aromatic carbocycles. The zero-order chi connectivity index (χ0) is 19.1. The molecule has 0 unspecified atom stereocenters. The molecule has 0 saturated heterocycles. The summed E-state index contributed by atoms with van der Waals surface area (Å²) in [5.41, 5.74) is 1.23. The quantitative estimate of drug-likeness (QED) is 0.520. The number of fused-ring (bicyclic) bond motifs is 1. The molecule has 0 atom stereocenters. The number of rotatable bonds is 3. The van der Waals surface area contributed by atoms with Crippen molar-refractivity contribution < 1.29 is 4.79 Å². The van der Waals surface area contributed by atoms with E-state index < -0.39 is 0 Å². The van der Waals surface area contributed by atoms with E-state index in [4.69, 9.17) is 0 Å². The number of benzene rings is 1. The van der Waals surface area contributed by atoms with Gasteiger partial charge in [-0.25, -0.2) is 0 Å². The molecule has 1 amide bonds. The number of hydrogen-bond acceptors (Lipinski definition) is 5. The van der Waals surface area contributed by atoms with Crippen LogP contribution in [0.5, 0.6) is 0 Å². The smallest absolute Gasteiger partial charge is 0.263 e. The molecule has 27 heavy (non-hydrogen) atoms. The predicted octanol–water partition coefficient (Wildman–Crippen LogP) is 2.17. The van der Waals surface area contributed by atoms with E-state index in [-0.39, 0.29) is 17.4 Å². The summed E-state index contributed by atoms with van der Waals surface area (Å²) in [5, 5.41) is 11.6. The van der Waals surface area contributed by atoms with Crippen molar-refractivity contribution in [3.63, 3.8) is 0 Å². The van der Waals surface area contributed by atoms with Crippen molar-refractivity contribution in [1.29, 1.82) is 0 Å². The van der Waals surface area contributed by atoms with Gasteiger partial charge in [-0.3, -0.25) is 19.3 Å². The zero-order valence-corrected chi connectivity index (χ0v) is 16.0. The maximum Gasteiger partial charge on any atom is 0.263 e. The van der Waals surface area contributed by atoms with Gasteiger partial charge in [-0.1, -0.05) is 22.0 Å². The summed E-state index contributed by atoms with van der Waals surface area (Å²) in [6, 6.07) is 8.73. The standard InChI is InChI=1S/C17H14BrN7O2/c1-9-6-13(20-15(26)10-4-3-5-11(18)7-10)25(23-9)17-21-14-12(16(27)22-17)8-19-24(14)2/h3-8H,1-2H3,(H,20,26)(H,21,22,27). The Labute approximate surface area is 161 Å². The van der Waals surface area contributed by atoms with Crippen molar-refractivity contribution >= 4 is 38.7 Å². The van der Waals surface area contributed by atoms with Crippen LogP contribution in [0.1, 0.15) is 16.1 Å². The first-order valence-electron chi connectivity index (χ1n) is 7.98. The topological polar surface area (TPSA) is 110 Å². The molecule has 0 saturated carbocycles. The minimum atomic E-state index is -0.333. The van der Waals surface area contributed by atoms with E-state index in [9.17, 15) is 9.59 Å². The summed E-state index contributed by atoms with van der Waals surface area (Å²) in [6.45, 7) is 1.78. The number of aryl methyl sites for hydroxylation is 2. The average molecular weight is 428 g/mol. The lowest BCUT2D eigenvalue weighted by Crippen LogP contribution is -2.19. The highest BCUT2D eigenvalue weighted by Crippen LogP contribution is 2.18. The third-order valence-electron chi connectivity index (χ3n) is 3.95. The minimum absolute atomic E-state index is 0.189. The van der Waals surface area contributed by atoms with Crippen molar-refractivity contribution in [1.82, 2.24) is 29.5 Å². The summed E-state index contributed by atoms with van der Waals surface area (Å²) in [6.07, 6.45) is 1.45. The van der Waals surface area contributed by atoms with E-state index in [0.717, 1.165) is 4.47 Å². The number of nitrogens with one attached hydrogen (secondary N) is 2. The van der Waals surface area contributed by atoms with E-state index in [1.54, 1.807) is 38.2 Å². The van der Waals surface area contributed by atoms with Crippen molar-refractivity contribution in [2.24, 2.45) is 7.05 Å². The highest BCUT2D eigenvalue weighted by atomic mass is 79.9. The van der Waals surface area contributed by atoms with Crippen LogP contribution in [0.4, 0.5) is 5.82 Å². The van der Waals surface area contributed by atoms with Crippen LogP contribution in [0.2, 0.25) is 0 Å². The monoisotopic (exact) mass is 427 g/mol. The van der Waals surface area contributed by atoms with Crippen molar-refractivity contribution in [2.45, 2.75) is 6.92 Å². The van der Waals surface area contributed by atoms with E-state index in [1.807, 2.05) is 6.07 Å². The number of carbonyl (C=O) groups is 1.